The van der Waals surface area contributed by atoms with Crippen molar-refractivity contribution in [1.82, 2.24) is 10.3 Å². The van der Waals surface area contributed by atoms with Gasteiger partial charge in [0.15, 0.2) is 0 Å². The molecule has 1 heterocycles. The number of carbonyl (C=O) groups is 2. The highest BCUT2D eigenvalue weighted by Crippen LogP contribution is 2.25. The molecule has 5 heteroatoms. The third-order valence-electron chi connectivity index (χ3n) is 4.70. The van der Waals surface area contributed by atoms with Gasteiger partial charge in [-0.15, -0.1) is 0 Å². The lowest BCUT2D eigenvalue weighted by molar-refractivity contribution is -0.127. The van der Waals surface area contributed by atoms with E-state index in [1.165, 1.54) is 0 Å². The lowest BCUT2D eigenvalue weighted by Crippen LogP contribution is -2.48. The molecular weight excluding hydrogens is 362 g/mol. The van der Waals surface area contributed by atoms with Crippen molar-refractivity contribution in [2.24, 2.45) is 5.92 Å². The number of aromatic nitrogens is 1. The molecule has 3 rings (SSSR count). The summed E-state index contributed by atoms with van der Waals surface area (Å²) in [7, 11) is 0. The minimum atomic E-state index is -0.669. The topological polar surface area (TPSA) is 71.1 Å². The SMILES string of the molecule is CC(C)[C@H](NC(=O)C(c1ccccc1)c1ccccc1)C(=O)Nc1cccnc1. The zero-order valence-corrected chi connectivity index (χ0v) is 16.6. The van der Waals surface area contributed by atoms with E-state index in [1.54, 1.807) is 24.5 Å². The van der Waals surface area contributed by atoms with E-state index in [-0.39, 0.29) is 17.7 Å². The van der Waals surface area contributed by atoms with E-state index in [9.17, 15) is 9.59 Å². The van der Waals surface area contributed by atoms with Crippen molar-refractivity contribution < 1.29 is 9.59 Å². The second kappa shape index (κ2) is 9.64. The Morgan fingerprint density at radius 1 is 0.793 bits per heavy atom. The van der Waals surface area contributed by atoms with Crippen LogP contribution < -0.4 is 10.6 Å². The maximum atomic E-state index is 13.3. The zero-order valence-electron chi connectivity index (χ0n) is 16.6. The standard InChI is InChI=1S/C24H25N3O2/c1-17(2)22(24(29)26-20-14-9-15-25-16-20)27-23(28)21(18-10-5-3-6-11-18)19-12-7-4-8-13-19/h3-17,21-22H,1-2H3,(H,26,29)(H,27,28)/t22-/m0/s1. The molecule has 0 fully saturated rings. The lowest BCUT2D eigenvalue weighted by atomic mass is 9.89. The molecule has 0 saturated carbocycles. The van der Waals surface area contributed by atoms with Crippen LogP contribution in [0.2, 0.25) is 0 Å². The van der Waals surface area contributed by atoms with E-state index in [2.05, 4.69) is 15.6 Å². The van der Waals surface area contributed by atoms with Gasteiger partial charge in [0, 0.05) is 6.20 Å². The van der Waals surface area contributed by atoms with Crippen LogP contribution >= 0.6 is 0 Å². The molecule has 0 spiro atoms. The summed E-state index contributed by atoms with van der Waals surface area (Å²) in [6.07, 6.45) is 3.22. The number of hydrogen-bond donors (Lipinski definition) is 2. The summed E-state index contributed by atoms with van der Waals surface area (Å²) in [6.45, 7) is 3.82. The van der Waals surface area contributed by atoms with Crippen LogP contribution in [0.1, 0.15) is 30.9 Å². The van der Waals surface area contributed by atoms with Gasteiger partial charge >= 0.3 is 0 Å². The summed E-state index contributed by atoms with van der Waals surface area (Å²) in [6, 6.07) is 22.0. The first-order valence-electron chi connectivity index (χ1n) is 9.67. The normalized spacial score (nSPS) is 11.9. The van der Waals surface area contributed by atoms with E-state index in [0.717, 1.165) is 11.1 Å². The Morgan fingerprint density at radius 2 is 1.38 bits per heavy atom. The van der Waals surface area contributed by atoms with Gasteiger partial charge in [-0.25, -0.2) is 0 Å². The van der Waals surface area contributed by atoms with Crippen molar-refractivity contribution in [2.75, 3.05) is 5.32 Å². The van der Waals surface area contributed by atoms with Crippen LogP contribution in [0.3, 0.4) is 0 Å². The van der Waals surface area contributed by atoms with E-state index in [4.69, 9.17) is 0 Å². The van der Waals surface area contributed by atoms with E-state index < -0.39 is 12.0 Å². The Bertz CT molecular complexity index is 889. The van der Waals surface area contributed by atoms with Gasteiger partial charge in [0.1, 0.15) is 6.04 Å². The van der Waals surface area contributed by atoms with Crippen LogP contribution in [-0.4, -0.2) is 22.8 Å². The minimum absolute atomic E-state index is 0.0807. The number of nitrogens with zero attached hydrogens (tertiary/aromatic N) is 1. The average Bonchev–Trinajstić information content (AvgIpc) is 2.74. The fourth-order valence-corrected chi connectivity index (χ4v) is 3.21. The summed E-state index contributed by atoms with van der Waals surface area (Å²) >= 11 is 0. The maximum Gasteiger partial charge on any atom is 0.247 e. The number of hydrogen-bond acceptors (Lipinski definition) is 3. The van der Waals surface area contributed by atoms with Crippen LogP contribution in [-0.2, 0) is 9.59 Å². The minimum Gasteiger partial charge on any atom is -0.343 e. The highest BCUT2D eigenvalue weighted by molar-refractivity contribution is 5.98. The molecule has 1 aromatic heterocycles. The number of amides is 2. The summed E-state index contributed by atoms with van der Waals surface area (Å²) in [5.74, 6) is -1.05. The van der Waals surface area contributed by atoms with Crippen molar-refractivity contribution in [3.8, 4) is 0 Å². The van der Waals surface area contributed by atoms with Crippen molar-refractivity contribution in [2.45, 2.75) is 25.8 Å². The number of pyridine rings is 1. The molecule has 1 atom stereocenters. The first-order chi connectivity index (χ1) is 14.1. The molecule has 0 bridgehead atoms. The summed E-state index contributed by atoms with van der Waals surface area (Å²) in [5, 5.41) is 5.79. The number of anilines is 1. The van der Waals surface area contributed by atoms with Gasteiger partial charge in [0.05, 0.1) is 17.8 Å². The van der Waals surface area contributed by atoms with E-state index in [0.29, 0.717) is 5.69 Å². The molecule has 0 unspecified atom stereocenters. The third-order valence-corrected chi connectivity index (χ3v) is 4.70. The van der Waals surface area contributed by atoms with Gasteiger partial charge in [-0.3, -0.25) is 14.6 Å². The van der Waals surface area contributed by atoms with Crippen molar-refractivity contribution in [3.63, 3.8) is 0 Å². The maximum absolute atomic E-state index is 13.3. The molecule has 3 aromatic rings. The van der Waals surface area contributed by atoms with Crippen molar-refractivity contribution >= 4 is 17.5 Å². The van der Waals surface area contributed by atoms with Gasteiger partial charge in [-0.05, 0) is 29.2 Å². The fourth-order valence-electron chi connectivity index (χ4n) is 3.21. The Hall–Kier alpha value is -3.47. The molecule has 0 radical (unpaired) electrons. The van der Waals surface area contributed by atoms with Gasteiger partial charge in [-0.2, -0.15) is 0 Å². The predicted molar refractivity (Wildman–Crippen MR) is 114 cm³/mol. The second-order valence-electron chi connectivity index (χ2n) is 7.22. The average molecular weight is 387 g/mol. The molecular formula is C24H25N3O2. The largest absolute Gasteiger partial charge is 0.343 e. The number of rotatable bonds is 7. The Morgan fingerprint density at radius 3 is 1.86 bits per heavy atom. The van der Waals surface area contributed by atoms with Crippen LogP contribution in [0.4, 0.5) is 5.69 Å². The highest BCUT2D eigenvalue weighted by Gasteiger charge is 2.29. The molecule has 0 saturated heterocycles. The summed E-state index contributed by atoms with van der Waals surface area (Å²) in [5.41, 5.74) is 2.36. The molecule has 5 nitrogen and oxygen atoms in total. The Labute approximate surface area is 171 Å². The van der Waals surface area contributed by atoms with Crippen LogP contribution in [0, 0.1) is 5.92 Å². The molecule has 0 aliphatic rings. The zero-order chi connectivity index (χ0) is 20.6. The van der Waals surface area contributed by atoms with Gasteiger partial charge in [0.25, 0.3) is 0 Å². The molecule has 0 aliphatic heterocycles. The van der Waals surface area contributed by atoms with Crippen LogP contribution in [0.15, 0.2) is 85.2 Å². The number of nitrogens with one attached hydrogen (secondary N) is 2. The van der Waals surface area contributed by atoms with Crippen LogP contribution in [0.25, 0.3) is 0 Å². The summed E-state index contributed by atoms with van der Waals surface area (Å²) in [4.78, 5) is 30.2. The van der Waals surface area contributed by atoms with E-state index >= 15 is 0 Å². The molecule has 29 heavy (non-hydrogen) atoms. The fraction of sp³-hybridized carbons (Fsp3) is 0.208. The Kier molecular flexibility index (Phi) is 6.74. The highest BCUT2D eigenvalue weighted by atomic mass is 16.2. The monoisotopic (exact) mass is 387 g/mol. The molecule has 148 valence electrons. The van der Waals surface area contributed by atoms with Crippen molar-refractivity contribution in [3.05, 3.63) is 96.3 Å². The molecule has 2 N–H and O–H groups in total. The van der Waals surface area contributed by atoms with Gasteiger partial charge < -0.3 is 10.6 Å². The van der Waals surface area contributed by atoms with Crippen LogP contribution in [0.5, 0.6) is 0 Å². The Balaban J connectivity index is 1.83. The lowest BCUT2D eigenvalue weighted by Gasteiger charge is -2.25. The quantitative estimate of drug-likeness (QED) is 0.644. The second-order valence-corrected chi connectivity index (χ2v) is 7.22. The third kappa shape index (κ3) is 5.29. The number of benzene rings is 2. The smallest absolute Gasteiger partial charge is 0.247 e. The van der Waals surface area contributed by atoms with Gasteiger partial charge in [0.2, 0.25) is 11.8 Å². The first-order valence-corrected chi connectivity index (χ1v) is 9.67. The van der Waals surface area contributed by atoms with Crippen molar-refractivity contribution in [1.29, 1.82) is 0 Å². The molecule has 2 aromatic carbocycles. The summed E-state index contributed by atoms with van der Waals surface area (Å²) < 4.78 is 0. The predicted octanol–water partition coefficient (Wildman–Crippen LogP) is 3.99. The molecule has 2 amide bonds. The molecule has 0 aliphatic carbocycles. The van der Waals surface area contributed by atoms with E-state index in [1.807, 2.05) is 74.5 Å². The van der Waals surface area contributed by atoms with Gasteiger partial charge in [-0.1, -0.05) is 74.5 Å². The first kappa shape index (κ1) is 20.3. The number of carbonyl (C=O) groups excluding carboxylic acids is 2.